The van der Waals surface area contributed by atoms with E-state index in [-0.39, 0.29) is 18.9 Å². The molecule has 4 rings (SSSR count). The average Bonchev–Trinajstić information content (AvgIpc) is 3.40. The lowest BCUT2D eigenvalue weighted by atomic mass is 10.0. The Hall–Kier alpha value is -2.95. The molecule has 1 fully saturated rings. The summed E-state index contributed by atoms with van der Waals surface area (Å²) in [5, 5.41) is 0. The van der Waals surface area contributed by atoms with Crippen molar-refractivity contribution in [2.45, 2.75) is 46.0 Å². The molecule has 8 nitrogen and oxygen atoms in total. The fraction of sp³-hybridized carbons (Fsp3) is 0.400. The van der Waals surface area contributed by atoms with E-state index in [1.54, 1.807) is 26.8 Å². The number of carbonyl (C=O) groups excluding carboxylic acids is 1. The lowest BCUT2D eigenvalue weighted by Gasteiger charge is -2.26. The third-order valence-electron chi connectivity index (χ3n) is 5.38. The first-order valence-electron chi connectivity index (χ1n) is 11.2. The summed E-state index contributed by atoms with van der Waals surface area (Å²) in [5.74, 6) is -0.493. The molecule has 2 aromatic heterocycles. The van der Waals surface area contributed by atoms with Crippen LogP contribution in [0.4, 0.5) is 14.5 Å². The number of carbonyl (C=O) groups is 1. The van der Waals surface area contributed by atoms with Crippen molar-refractivity contribution in [3.8, 4) is 11.3 Å². The average molecular weight is 501 g/mol. The number of hydrogen-bond acceptors (Lipinski definition) is 7. The van der Waals surface area contributed by atoms with E-state index in [2.05, 4.69) is 16.5 Å². The van der Waals surface area contributed by atoms with Crippen LogP contribution in [-0.2, 0) is 20.0 Å². The van der Waals surface area contributed by atoms with Gasteiger partial charge in [0, 0.05) is 5.56 Å². The maximum atomic E-state index is 14.0. The number of benzene rings is 1. The molecule has 0 atom stereocenters. The van der Waals surface area contributed by atoms with Gasteiger partial charge in [0.25, 0.3) is 0 Å². The topological polar surface area (TPSA) is 78.7 Å². The third-order valence-corrected chi connectivity index (χ3v) is 5.89. The Bertz CT molecular complexity index is 1250. The van der Waals surface area contributed by atoms with E-state index in [4.69, 9.17) is 14.2 Å². The minimum Gasteiger partial charge on any atom is -0.443 e. The van der Waals surface area contributed by atoms with Gasteiger partial charge in [0.1, 0.15) is 11.1 Å². The van der Waals surface area contributed by atoms with Gasteiger partial charge in [-0.1, -0.05) is 36.4 Å². The molecule has 1 amide bonds. The van der Waals surface area contributed by atoms with Crippen LogP contribution in [0.2, 0.25) is 0 Å². The van der Waals surface area contributed by atoms with Crippen molar-refractivity contribution in [3.63, 3.8) is 0 Å². The number of amides is 1. The summed E-state index contributed by atoms with van der Waals surface area (Å²) in [5.41, 5.74) is 3.08. The number of hydrogen-bond donors (Lipinski definition) is 0. The Labute approximate surface area is 208 Å². The lowest BCUT2D eigenvalue weighted by molar-refractivity contribution is -0.149. The minimum atomic E-state index is -0.785. The van der Waals surface area contributed by atoms with Crippen LogP contribution < -0.4 is 4.90 Å². The number of ether oxygens (including phenoxy) is 3. The molecule has 0 spiro atoms. The first-order chi connectivity index (χ1) is 16.5. The van der Waals surface area contributed by atoms with Gasteiger partial charge in [-0.3, -0.25) is 4.90 Å². The molecule has 0 radical (unpaired) electrons. The summed E-state index contributed by atoms with van der Waals surface area (Å²) in [7, 11) is 0. The van der Waals surface area contributed by atoms with Crippen molar-refractivity contribution >= 4 is 35.4 Å². The molecule has 0 N–H and O–H groups in total. The van der Waals surface area contributed by atoms with Gasteiger partial charge >= 0.3 is 6.09 Å². The van der Waals surface area contributed by atoms with E-state index < -0.39 is 17.5 Å². The summed E-state index contributed by atoms with van der Waals surface area (Å²) in [6, 6.07) is 9.29. The van der Waals surface area contributed by atoms with E-state index in [1.807, 2.05) is 38.1 Å². The molecule has 186 valence electrons. The predicted molar refractivity (Wildman–Crippen MR) is 135 cm³/mol. The van der Waals surface area contributed by atoms with Crippen molar-refractivity contribution in [1.82, 2.24) is 13.9 Å². The zero-order valence-electron chi connectivity index (χ0n) is 20.5. The second-order valence-corrected chi connectivity index (χ2v) is 10.1. The van der Waals surface area contributed by atoms with Gasteiger partial charge in [0.05, 0.1) is 31.6 Å². The molecular formula is C25H29FN4O4S. The highest BCUT2D eigenvalue weighted by molar-refractivity contribution is 7.93. The van der Waals surface area contributed by atoms with Crippen LogP contribution in [0.3, 0.4) is 0 Å². The summed E-state index contributed by atoms with van der Waals surface area (Å²) < 4.78 is 32.4. The fourth-order valence-corrected chi connectivity index (χ4v) is 4.23. The normalized spacial score (nSPS) is 15.4. The highest BCUT2D eigenvalue weighted by atomic mass is 32.2. The maximum Gasteiger partial charge on any atom is 0.416 e. The Morgan fingerprint density at radius 1 is 1.29 bits per heavy atom. The molecule has 3 heterocycles. The standard InChI is InChI=1S/C25H29FN4O4S/c1-16(2)15-29(23(31)34-24(3,4)5)21-14-27-22-19(28-21)13-20(30(22)35-26)17-7-9-18(10-8-17)25(6)32-11-12-33-25/h7-10,13-14H,1,11-12,15H2,2-6H3. The minimum absolute atomic E-state index is 0.0397. The Morgan fingerprint density at radius 2 is 1.94 bits per heavy atom. The number of anilines is 1. The molecule has 0 saturated carbocycles. The molecule has 1 saturated heterocycles. The molecular weight excluding hydrogens is 471 g/mol. The molecule has 3 aromatic rings. The quantitative estimate of drug-likeness (QED) is 0.383. The molecule has 0 unspecified atom stereocenters. The van der Waals surface area contributed by atoms with Gasteiger partial charge in [-0.25, -0.2) is 18.7 Å². The summed E-state index contributed by atoms with van der Waals surface area (Å²) in [6.45, 7) is 14.2. The molecule has 0 aliphatic carbocycles. The molecule has 1 aliphatic heterocycles. The van der Waals surface area contributed by atoms with Crippen molar-refractivity contribution < 1.29 is 22.9 Å². The van der Waals surface area contributed by atoms with Crippen molar-refractivity contribution in [3.05, 3.63) is 54.2 Å². The van der Waals surface area contributed by atoms with Crippen LogP contribution in [0, 0.1) is 0 Å². The van der Waals surface area contributed by atoms with Crippen LogP contribution in [-0.4, -0.2) is 45.4 Å². The molecule has 10 heteroatoms. The highest BCUT2D eigenvalue weighted by Crippen LogP contribution is 2.35. The van der Waals surface area contributed by atoms with Crippen LogP contribution in [0.1, 0.15) is 40.2 Å². The number of fused-ring (bicyclic) bond motifs is 1. The summed E-state index contributed by atoms with van der Waals surface area (Å²) in [6.07, 6.45) is 0.874. The molecule has 1 aromatic carbocycles. The second-order valence-electron chi connectivity index (χ2n) is 9.57. The maximum absolute atomic E-state index is 14.0. The van der Waals surface area contributed by atoms with Crippen molar-refractivity contribution in [2.24, 2.45) is 0 Å². The van der Waals surface area contributed by atoms with Gasteiger partial charge in [-0.05, 0) is 46.2 Å². The SMILES string of the molecule is C=C(C)CN(C(=O)OC(C)(C)C)c1cnc2c(cc(-c3ccc(C4(C)OCCO4)cc3)n2SF)n1. The number of rotatable bonds is 6. The predicted octanol–water partition coefficient (Wildman–Crippen LogP) is 6.02. The van der Waals surface area contributed by atoms with E-state index in [0.717, 1.165) is 16.7 Å². The first-order valence-corrected chi connectivity index (χ1v) is 11.9. The van der Waals surface area contributed by atoms with Gasteiger partial charge in [0.2, 0.25) is 0 Å². The van der Waals surface area contributed by atoms with Gasteiger partial charge < -0.3 is 14.2 Å². The van der Waals surface area contributed by atoms with E-state index in [9.17, 15) is 8.68 Å². The largest absolute Gasteiger partial charge is 0.443 e. The van der Waals surface area contributed by atoms with E-state index in [0.29, 0.717) is 35.9 Å². The van der Waals surface area contributed by atoms with Crippen LogP contribution in [0.15, 0.2) is 48.7 Å². The van der Waals surface area contributed by atoms with E-state index >= 15 is 0 Å². The number of halogens is 1. The Morgan fingerprint density at radius 3 is 2.51 bits per heavy atom. The Kier molecular flexibility index (Phi) is 6.90. The number of nitrogens with zero attached hydrogens (tertiary/aromatic N) is 4. The zero-order chi connectivity index (χ0) is 25.4. The van der Waals surface area contributed by atoms with Gasteiger partial charge in [-0.2, -0.15) is 0 Å². The third kappa shape index (κ3) is 5.34. The monoisotopic (exact) mass is 500 g/mol. The van der Waals surface area contributed by atoms with Crippen molar-refractivity contribution in [1.29, 1.82) is 0 Å². The van der Waals surface area contributed by atoms with Crippen molar-refractivity contribution in [2.75, 3.05) is 24.7 Å². The van der Waals surface area contributed by atoms with Gasteiger partial charge in [-0.15, -0.1) is 3.89 Å². The lowest BCUT2D eigenvalue weighted by Crippen LogP contribution is -2.38. The fourth-order valence-electron chi connectivity index (χ4n) is 3.79. The van der Waals surface area contributed by atoms with Crippen LogP contribution in [0.5, 0.6) is 0 Å². The zero-order valence-corrected chi connectivity index (χ0v) is 21.3. The first kappa shape index (κ1) is 25.2. The highest BCUT2D eigenvalue weighted by Gasteiger charge is 2.33. The summed E-state index contributed by atoms with van der Waals surface area (Å²) in [4.78, 5) is 23.2. The van der Waals surface area contributed by atoms with E-state index in [1.165, 1.54) is 15.1 Å². The smallest absolute Gasteiger partial charge is 0.416 e. The molecule has 0 bridgehead atoms. The number of aromatic nitrogens is 3. The second kappa shape index (κ2) is 9.60. The summed E-state index contributed by atoms with van der Waals surface area (Å²) >= 11 is 0.0397. The van der Waals surface area contributed by atoms with Gasteiger partial charge in [0.15, 0.2) is 29.6 Å². The molecule has 1 aliphatic rings. The Balaban J connectivity index is 1.71. The molecule has 35 heavy (non-hydrogen) atoms. The van der Waals surface area contributed by atoms with Crippen LogP contribution in [0.25, 0.3) is 22.4 Å². The van der Waals surface area contributed by atoms with Crippen LogP contribution >= 0.6 is 12.3 Å².